The number of hydrogen-bond donors (Lipinski definition) is 2. The van der Waals surface area contributed by atoms with Gasteiger partial charge in [-0.25, -0.2) is 0 Å². The molecule has 0 radical (unpaired) electrons. The van der Waals surface area contributed by atoms with Gasteiger partial charge in [0.15, 0.2) is 0 Å². The summed E-state index contributed by atoms with van der Waals surface area (Å²) in [6.07, 6.45) is -0.200. The first kappa shape index (κ1) is 18.1. The monoisotopic (exact) mass is 352 g/mol. The molecule has 6 nitrogen and oxygen atoms in total. The Hall–Kier alpha value is -0.670. The fourth-order valence-electron chi connectivity index (χ4n) is 3.16. The van der Waals surface area contributed by atoms with E-state index in [1.165, 1.54) is 4.90 Å². The van der Waals surface area contributed by atoms with Crippen LogP contribution in [-0.2, 0) is 9.47 Å². The van der Waals surface area contributed by atoms with Crippen molar-refractivity contribution in [2.45, 2.75) is 22.5 Å². The van der Waals surface area contributed by atoms with E-state index in [9.17, 15) is 0 Å². The first-order valence-electron chi connectivity index (χ1n) is 8.62. The van der Waals surface area contributed by atoms with Crippen LogP contribution < -0.4 is 11.5 Å². The predicted molar refractivity (Wildman–Crippen MR) is 96.8 cm³/mol. The van der Waals surface area contributed by atoms with Crippen LogP contribution in [0.1, 0.15) is 0 Å². The minimum Gasteiger partial charge on any atom is -0.379 e. The van der Waals surface area contributed by atoms with Gasteiger partial charge in [0.05, 0.1) is 44.0 Å². The van der Waals surface area contributed by atoms with Gasteiger partial charge < -0.3 is 20.9 Å². The Balaban J connectivity index is 1.73. The van der Waals surface area contributed by atoms with Crippen molar-refractivity contribution in [2.75, 3.05) is 52.6 Å². The maximum absolute atomic E-state index is 6.66. The van der Waals surface area contributed by atoms with Crippen LogP contribution in [0.5, 0.6) is 0 Å². The lowest BCUT2D eigenvalue weighted by molar-refractivity contribution is -0.00528. The molecule has 134 valence electrons. The van der Waals surface area contributed by atoms with E-state index in [4.69, 9.17) is 20.9 Å². The highest BCUT2D eigenvalue weighted by Crippen LogP contribution is 2.29. The van der Waals surface area contributed by atoms with Crippen molar-refractivity contribution in [2.24, 2.45) is 11.5 Å². The molecule has 7 heteroatoms. The second-order valence-corrected chi connectivity index (χ2v) is 7.42. The SMILES string of the molecule is NC(C(Sc1ccccc1)C(N)N1CCOCC1)N1CCOCC1. The maximum atomic E-state index is 6.66. The van der Waals surface area contributed by atoms with Crippen molar-refractivity contribution >= 4 is 11.8 Å². The van der Waals surface area contributed by atoms with Crippen LogP contribution in [0.25, 0.3) is 0 Å². The average Bonchev–Trinajstić information content (AvgIpc) is 2.67. The number of hydrogen-bond acceptors (Lipinski definition) is 7. The Kier molecular flexibility index (Phi) is 6.91. The molecule has 4 N–H and O–H groups in total. The summed E-state index contributed by atoms with van der Waals surface area (Å²) < 4.78 is 10.9. The van der Waals surface area contributed by atoms with Crippen molar-refractivity contribution < 1.29 is 9.47 Å². The van der Waals surface area contributed by atoms with Crippen LogP contribution in [0.3, 0.4) is 0 Å². The van der Waals surface area contributed by atoms with Crippen LogP contribution in [0, 0.1) is 0 Å². The third-order valence-electron chi connectivity index (χ3n) is 4.62. The normalized spacial score (nSPS) is 24.4. The van der Waals surface area contributed by atoms with E-state index in [1.807, 2.05) is 6.07 Å². The number of nitrogens with two attached hydrogens (primary N) is 2. The van der Waals surface area contributed by atoms with Gasteiger partial charge in [-0.05, 0) is 12.1 Å². The molecule has 1 aromatic carbocycles. The minimum atomic E-state index is -0.100. The summed E-state index contributed by atoms with van der Waals surface area (Å²) in [4.78, 5) is 5.80. The molecule has 2 aliphatic heterocycles. The lowest BCUT2D eigenvalue weighted by atomic mass is 10.2. The lowest BCUT2D eigenvalue weighted by Crippen LogP contribution is -2.62. The first-order valence-corrected chi connectivity index (χ1v) is 9.50. The molecule has 0 saturated carbocycles. The van der Waals surface area contributed by atoms with E-state index in [2.05, 4.69) is 34.1 Å². The molecule has 3 rings (SSSR count). The standard InChI is InChI=1S/C17H28N4O2S/c18-16(20-6-10-22-11-7-20)15(24-14-4-2-1-3-5-14)17(19)21-8-12-23-13-9-21/h1-5,15-17H,6-13,18-19H2. The van der Waals surface area contributed by atoms with E-state index < -0.39 is 0 Å². The number of morpholine rings is 2. The Morgan fingerprint density at radius 2 is 1.25 bits per heavy atom. The average molecular weight is 353 g/mol. The predicted octanol–water partition coefficient (Wildman–Crippen LogP) is 0.381. The summed E-state index contributed by atoms with van der Waals surface area (Å²) in [6.45, 7) is 6.41. The third-order valence-corrected chi connectivity index (χ3v) is 6.00. The number of nitrogens with zero attached hydrogens (tertiary/aromatic N) is 2. The molecule has 2 atom stereocenters. The molecule has 2 aliphatic rings. The highest BCUT2D eigenvalue weighted by molar-refractivity contribution is 8.00. The van der Waals surface area contributed by atoms with E-state index in [0.29, 0.717) is 0 Å². The van der Waals surface area contributed by atoms with Gasteiger partial charge in [0.1, 0.15) is 0 Å². The molecule has 2 fully saturated rings. The van der Waals surface area contributed by atoms with Crippen LogP contribution in [0.15, 0.2) is 35.2 Å². The van der Waals surface area contributed by atoms with Crippen molar-refractivity contribution in [3.05, 3.63) is 30.3 Å². The second-order valence-electron chi connectivity index (χ2n) is 6.17. The smallest absolute Gasteiger partial charge is 0.0727 e. The Morgan fingerprint density at radius 3 is 1.71 bits per heavy atom. The fraction of sp³-hybridized carbons (Fsp3) is 0.647. The highest BCUT2D eigenvalue weighted by atomic mass is 32.2. The van der Waals surface area contributed by atoms with E-state index in [1.54, 1.807) is 11.8 Å². The molecule has 0 aliphatic carbocycles. The first-order chi connectivity index (χ1) is 11.8. The zero-order valence-electron chi connectivity index (χ0n) is 14.0. The number of benzene rings is 1. The van der Waals surface area contributed by atoms with Crippen molar-refractivity contribution in [3.63, 3.8) is 0 Å². The van der Waals surface area contributed by atoms with Crippen molar-refractivity contribution in [3.8, 4) is 0 Å². The molecule has 0 spiro atoms. The summed E-state index contributed by atoms with van der Waals surface area (Å²) >= 11 is 1.78. The third kappa shape index (κ3) is 4.70. The van der Waals surface area contributed by atoms with E-state index >= 15 is 0 Å². The number of ether oxygens (including phenoxy) is 2. The Morgan fingerprint density at radius 1 is 0.792 bits per heavy atom. The largest absolute Gasteiger partial charge is 0.379 e. The van der Waals surface area contributed by atoms with Gasteiger partial charge in [-0.3, -0.25) is 9.80 Å². The molecule has 2 heterocycles. The van der Waals surface area contributed by atoms with Crippen molar-refractivity contribution in [1.82, 2.24) is 9.80 Å². The highest BCUT2D eigenvalue weighted by Gasteiger charge is 2.34. The topological polar surface area (TPSA) is 77.0 Å². The summed E-state index contributed by atoms with van der Waals surface area (Å²) in [5, 5.41) is 0.0867. The Labute approximate surface area is 148 Å². The molecular weight excluding hydrogens is 324 g/mol. The van der Waals surface area contributed by atoms with Gasteiger partial charge in [0, 0.05) is 31.1 Å². The molecule has 0 bridgehead atoms. The molecule has 1 aromatic rings. The number of thioether (sulfide) groups is 1. The second kappa shape index (κ2) is 9.15. The molecule has 2 unspecified atom stereocenters. The van der Waals surface area contributed by atoms with Crippen LogP contribution in [0.4, 0.5) is 0 Å². The van der Waals surface area contributed by atoms with Crippen LogP contribution >= 0.6 is 11.8 Å². The molecule has 2 saturated heterocycles. The van der Waals surface area contributed by atoms with Crippen LogP contribution in [0.2, 0.25) is 0 Å². The molecule has 0 aromatic heterocycles. The van der Waals surface area contributed by atoms with Gasteiger partial charge >= 0.3 is 0 Å². The van der Waals surface area contributed by atoms with Crippen LogP contribution in [-0.4, -0.2) is 80.0 Å². The summed E-state index contributed by atoms with van der Waals surface area (Å²) in [6, 6.07) is 10.4. The molecule has 0 amide bonds. The van der Waals surface area contributed by atoms with Gasteiger partial charge in [-0.2, -0.15) is 0 Å². The minimum absolute atomic E-state index is 0.0867. The summed E-state index contributed by atoms with van der Waals surface area (Å²) in [5.41, 5.74) is 13.3. The zero-order valence-corrected chi connectivity index (χ0v) is 14.9. The summed E-state index contributed by atoms with van der Waals surface area (Å²) in [5.74, 6) is 0. The van der Waals surface area contributed by atoms with Crippen molar-refractivity contribution in [1.29, 1.82) is 0 Å². The quantitative estimate of drug-likeness (QED) is 0.717. The zero-order chi connectivity index (χ0) is 16.8. The maximum Gasteiger partial charge on any atom is 0.0727 e. The van der Waals surface area contributed by atoms with Gasteiger partial charge in [0.2, 0.25) is 0 Å². The molecular formula is C17H28N4O2S. The van der Waals surface area contributed by atoms with E-state index in [0.717, 1.165) is 52.6 Å². The Bertz CT molecular complexity index is 457. The van der Waals surface area contributed by atoms with Gasteiger partial charge in [-0.15, -0.1) is 11.8 Å². The van der Waals surface area contributed by atoms with E-state index in [-0.39, 0.29) is 17.6 Å². The fourth-order valence-corrected chi connectivity index (χ4v) is 4.42. The molecule has 24 heavy (non-hydrogen) atoms. The van der Waals surface area contributed by atoms with Gasteiger partial charge in [0.25, 0.3) is 0 Å². The van der Waals surface area contributed by atoms with Gasteiger partial charge in [-0.1, -0.05) is 18.2 Å². The summed E-state index contributed by atoms with van der Waals surface area (Å²) in [7, 11) is 0. The number of rotatable bonds is 6. The lowest BCUT2D eigenvalue weighted by Gasteiger charge is -2.42.